The van der Waals surface area contributed by atoms with Crippen LogP contribution in [0.15, 0.2) is 24.3 Å². The molecule has 25 heavy (non-hydrogen) atoms. The van der Waals surface area contributed by atoms with Crippen molar-refractivity contribution < 1.29 is 9.59 Å². The quantitative estimate of drug-likeness (QED) is 0.750. The summed E-state index contributed by atoms with van der Waals surface area (Å²) >= 11 is 0. The summed E-state index contributed by atoms with van der Waals surface area (Å²) in [6, 6.07) is 7.40. The molecule has 1 heterocycles. The molecule has 0 unspecified atom stereocenters. The highest BCUT2D eigenvalue weighted by atomic mass is 16.2. The highest BCUT2D eigenvalue weighted by Crippen LogP contribution is 2.74. The maximum Gasteiger partial charge on any atom is 0.262 e. The summed E-state index contributed by atoms with van der Waals surface area (Å²) in [7, 11) is 0. The van der Waals surface area contributed by atoms with Gasteiger partial charge in [0.05, 0.1) is 16.7 Å². The maximum atomic E-state index is 13.2. The van der Waals surface area contributed by atoms with Gasteiger partial charge in [-0.05, 0) is 86.2 Å². The van der Waals surface area contributed by atoms with E-state index in [1.165, 1.54) is 32.1 Å². The first kappa shape index (κ1) is 14.5. The number of hydrogen-bond donors (Lipinski definition) is 0. The van der Waals surface area contributed by atoms with Crippen LogP contribution < -0.4 is 0 Å². The monoisotopic (exact) mass is 335 g/mol. The summed E-state index contributed by atoms with van der Waals surface area (Å²) in [6.07, 6.45) is 9.84. The standard InChI is InChI=1S/C22H25NO2/c1-20(6-7-20)21-9-14-8-15(10-21)12-22(11-14,13-21)23-18(24)16-4-2-3-5-17(16)19(23)25/h2-5,14-15H,6-13H2,1H3/t14-,15-,21?,22?/m1/s1. The molecule has 0 N–H and O–H groups in total. The van der Waals surface area contributed by atoms with Crippen LogP contribution in [-0.4, -0.2) is 22.3 Å². The van der Waals surface area contributed by atoms with Crippen molar-refractivity contribution in [1.82, 2.24) is 4.90 Å². The lowest BCUT2D eigenvalue weighted by Crippen LogP contribution is -2.65. The molecule has 0 spiro atoms. The van der Waals surface area contributed by atoms with Crippen molar-refractivity contribution in [3.63, 3.8) is 0 Å². The molecule has 5 fully saturated rings. The van der Waals surface area contributed by atoms with Crippen molar-refractivity contribution in [2.45, 2.75) is 63.8 Å². The minimum absolute atomic E-state index is 0.0290. The average Bonchev–Trinajstić information content (AvgIpc) is 3.27. The van der Waals surface area contributed by atoms with E-state index in [-0.39, 0.29) is 17.4 Å². The first-order valence-corrected chi connectivity index (χ1v) is 9.93. The Hall–Kier alpha value is -1.64. The molecule has 1 aromatic rings. The van der Waals surface area contributed by atoms with Crippen LogP contribution in [0.25, 0.3) is 0 Å². The summed E-state index contributed by atoms with van der Waals surface area (Å²) in [5.74, 6) is 1.36. The minimum atomic E-state index is -0.205. The average molecular weight is 335 g/mol. The van der Waals surface area contributed by atoms with E-state index in [1.807, 2.05) is 24.3 Å². The van der Waals surface area contributed by atoms with Gasteiger partial charge in [-0.15, -0.1) is 0 Å². The lowest BCUT2D eigenvalue weighted by Gasteiger charge is -2.66. The van der Waals surface area contributed by atoms with Crippen molar-refractivity contribution in [1.29, 1.82) is 0 Å². The number of nitrogens with zero attached hydrogens (tertiary/aromatic N) is 1. The number of carbonyl (C=O) groups is 2. The number of imide groups is 1. The van der Waals surface area contributed by atoms with Gasteiger partial charge in [-0.3, -0.25) is 14.5 Å². The van der Waals surface area contributed by atoms with Crippen LogP contribution >= 0.6 is 0 Å². The molecule has 130 valence electrons. The Labute approximate surface area is 148 Å². The zero-order chi connectivity index (χ0) is 17.0. The summed E-state index contributed by atoms with van der Waals surface area (Å²) < 4.78 is 0. The van der Waals surface area contributed by atoms with Crippen LogP contribution in [0.3, 0.4) is 0 Å². The number of carbonyl (C=O) groups excluding carboxylic acids is 2. The zero-order valence-electron chi connectivity index (χ0n) is 14.9. The Morgan fingerprint density at radius 3 is 2.00 bits per heavy atom. The fourth-order valence-corrected chi connectivity index (χ4v) is 7.52. The number of amides is 2. The molecule has 0 aromatic heterocycles. The fourth-order valence-electron chi connectivity index (χ4n) is 7.52. The second-order valence-corrected chi connectivity index (χ2v) is 10.0. The lowest BCUT2D eigenvalue weighted by molar-refractivity contribution is -0.137. The van der Waals surface area contributed by atoms with Crippen LogP contribution in [-0.2, 0) is 0 Å². The molecule has 2 atom stereocenters. The van der Waals surface area contributed by atoms with Gasteiger partial charge in [0, 0.05) is 0 Å². The SMILES string of the molecule is CC1(C23C[C@H]4C[C@@H](CC(N5C(=O)c6ccccc6C5=O)(C4)C2)C3)CC1. The number of rotatable bonds is 2. The van der Waals surface area contributed by atoms with Crippen LogP contribution in [0.5, 0.6) is 0 Å². The Kier molecular flexibility index (Phi) is 2.43. The predicted octanol–water partition coefficient (Wildman–Crippen LogP) is 4.42. The Balaban J connectivity index is 1.46. The van der Waals surface area contributed by atoms with E-state index in [0.717, 1.165) is 19.3 Å². The first-order valence-electron chi connectivity index (χ1n) is 9.93. The predicted molar refractivity (Wildman–Crippen MR) is 94.1 cm³/mol. The minimum Gasteiger partial charge on any atom is -0.269 e. The molecule has 3 nitrogen and oxygen atoms in total. The van der Waals surface area contributed by atoms with E-state index in [9.17, 15) is 9.59 Å². The van der Waals surface area contributed by atoms with Crippen molar-refractivity contribution in [2.24, 2.45) is 22.7 Å². The molecule has 3 heteroatoms. The molecule has 1 aromatic carbocycles. The van der Waals surface area contributed by atoms with Crippen molar-refractivity contribution >= 4 is 11.8 Å². The second-order valence-electron chi connectivity index (χ2n) is 10.0. The van der Waals surface area contributed by atoms with E-state index in [4.69, 9.17) is 0 Å². The van der Waals surface area contributed by atoms with Gasteiger partial charge in [-0.2, -0.15) is 0 Å². The molecule has 0 radical (unpaired) electrons. The van der Waals surface area contributed by atoms with E-state index in [0.29, 0.717) is 33.8 Å². The third kappa shape index (κ3) is 1.63. The topological polar surface area (TPSA) is 37.4 Å². The third-order valence-electron chi connectivity index (χ3n) is 8.58. The van der Waals surface area contributed by atoms with Gasteiger partial charge in [0.25, 0.3) is 11.8 Å². The number of benzene rings is 1. The molecule has 5 saturated carbocycles. The summed E-state index contributed by atoms with van der Waals surface area (Å²) in [5.41, 5.74) is 1.88. The van der Waals surface area contributed by atoms with Gasteiger partial charge in [0.1, 0.15) is 0 Å². The molecule has 5 aliphatic carbocycles. The van der Waals surface area contributed by atoms with Crippen LogP contribution in [0.4, 0.5) is 0 Å². The molecule has 0 saturated heterocycles. The fraction of sp³-hybridized carbons (Fsp3) is 0.636. The first-order chi connectivity index (χ1) is 12.0. The smallest absolute Gasteiger partial charge is 0.262 e. The normalized spacial score (nSPS) is 42.8. The molecular weight excluding hydrogens is 310 g/mol. The number of fused-ring (bicyclic) bond motifs is 1. The van der Waals surface area contributed by atoms with Crippen molar-refractivity contribution in [3.05, 3.63) is 35.4 Å². The summed E-state index contributed by atoms with van der Waals surface area (Å²) in [6.45, 7) is 2.47. The van der Waals surface area contributed by atoms with Gasteiger partial charge in [0.2, 0.25) is 0 Å². The van der Waals surface area contributed by atoms with Gasteiger partial charge in [0.15, 0.2) is 0 Å². The lowest BCUT2D eigenvalue weighted by atomic mass is 9.43. The highest BCUT2D eigenvalue weighted by Gasteiger charge is 2.69. The largest absolute Gasteiger partial charge is 0.269 e. The number of hydrogen-bond acceptors (Lipinski definition) is 2. The summed E-state index contributed by atoms with van der Waals surface area (Å²) in [4.78, 5) is 28.1. The molecule has 4 bridgehead atoms. The zero-order valence-corrected chi connectivity index (χ0v) is 14.9. The van der Waals surface area contributed by atoms with Gasteiger partial charge in [-0.1, -0.05) is 19.1 Å². The van der Waals surface area contributed by atoms with Crippen molar-refractivity contribution in [3.8, 4) is 0 Å². The van der Waals surface area contributed by atoms with Crippen molar-refractivity contribution in [2.75, 3.05) is 0 Å². The molecule has 2 amide bonds. The van der Waals surface area contributed by atoms with Crippen LogP contribution in [0.2, 0.25) is 0 Å². The molecule has 1 aliphatic heterocycles. The Morgan fingerprint density at radius 2 is 1.48 bits per heavy atom. The van der Waals surface area contributed by atoms with Crippen LogP contribution in [0.1, 0.15) is 79.0 Å². The second kappa shape index (κ2) is 4.19. The van der Waals surface area contributed by atoms with E-state index < -0.39 is 0 Å². The summed E-state index contributed by atoms with van der Waals surface area (Å²) in [5, 5.41) is 0. The van der Waals surface area contributed by atoms with Crippen LogP contribution in [0, 0.1) is 22.7 Å². The van der Waals surface area contributed by atoms with Gasteiger partial charge < -0.3 is 0 Å². The molecular formula is C22H25NO2. The third-order valence-corrected chi connectivity index (χ3v) is 8.58. The molecule has 7 rings (SSSR count). The van der Waals surface area contributed by atoms with Gasteiger partial charge in [-0.25, -0.2) is 0 Å². The van der Waals surface area contributed by atoms with E-state index >= 15 is 0 Å². The Morgan fingerprint density at radius 1 is 0.920 bits per heavy atom. The Bertz CT molecular complexity index is 772. The maximum absolute atomic E-state index is 13.2. The molecule has 6 aliphatic rings. The van der Waals surface area contributed by atoms with E-state index in [1.54, 1.807) is 4.90 Å². The van der Waals surface area contributed by atoms with E-state index in [2.05, 4.69) is 6.92 Å². The highest BCUT2D eigenvalue weighted by molar-refractivity contribution is 6.21. The van der Waals surface area contributed by atoms with Gasteiger partial charge >= 0.3 is 0 Å².